The fourth-order valence-corrected chi connectivity index (χ4v) is 2.47. The number of Topliss-reactive ketones (excluding diaryl/α,β-unsaturated/α-hetero) is 1. The number of carboxylic acid groups (broad SMARTS) is 1. The van der Waals surface area contributed by atoms with Crippen LogP contribution in [-0.4, -0.2) is 28.7 Å². The first-order chi connectivity index (χ1) is 8.50. The van der Waals surface area contributed by atoms with Gasteiger partial charge in [0.2, 0.25) is 6.10 Å². The molecule has 2 atom stereocenters. The lowest BCUT2D eigenvalue weighted by Gasteiger charge is -2.21. The third-order valence-corrected chi connectivity index (χ3v) is 3.45. The standard InChI is InChI=1S/C13H17NO4/c1-7(2)10-11(14-18-12(10)13(16)17)8-3-5-9(15)6-4-8/h3,7,10,12H,4-6H2,1-2H3,(H,16,17). The number of aliphatic carboxylic acids is 1. The van der Waals surface area contributed by atoms with Gasteiger partial charge in [0.25, 0.3) is 0 Å². The van der Waals surface area contributed by atoms with Crippen LogP contribution in [0.25, 0.3) is 0 Å². The second-order valence-corrected chi connectivity index (χ2v) is 5.08. The first kappa shape index (κ1) is 12.8. The van der Waals surface area contributed by atoms with Crippen molar-refractivity contribution in [1.82, 2.24) is 0 Å². The Bertz CT molecular complexity index is 436. The van der Waals surface area contributed by atoms with E-state index < -0.39 is 12.1 Å². The lowest BCUT2D eigenvalue weighted by atomic mass is 9.80. The molecule has 5 heteroatoms. The third kappa shape index (κ3) is 2.30. The quantitative estimate of drug-likeness (QED) is 0.829. The Morgan fingerprint density at radius 3 is 2.72 bits per heavy atom. The van der Waals surface area contributed by atoms with Crippen molar-refractivity contribution in [2.75, 3.05) is 0 Å². The molecule has 1 aliphatic carbocycles. The summed E-state index contributed by atoms with van der Waals surface area (Å²) in [5.74, 6) is -0.873. The van der Waals surface area contributed by atoms with Crippen molar-refractivity contribution >= 4 is 17.5 Å². The molecule has 98 valence electrons. The molecule has 2 aliphatic rings. The fraction of sp³-hybridized carbons (Fsp3) is 0.615. The molecule has 0 amide bonds. The second-order valence-electron chi connectivity index (χ2n) is 5.08. The van der Waals surface area contributed by atoms with E-state index in [4.69, 9.17) is 9.94 Å². The maximum absolute atomic E-state index is 11.2. The van der Waals surface area contributed by atoms with Crippen LogP contribution in [0.2, 0.25) is 0 Å². The molecule has 2 unspecified atom stereocenters. The van der Waals surface area contributed by atoms with Crippen LogP contribution in [0, 0.1) is 11.8 Å². The second kappa shape index (κ2) is 4.92. The number of carbonyl (C=O) groups excluding carboxylic acids is 1. The maximum atomic E-state index is 11.2. The Balaban J connectivity index is 2.22. The van der Waals surface area contributed by atoms with E-state index in [1.165, 1.54) is 0 Å². The Morgan fingerprint density at radius 1 is 1.50 bits per heavy atom. The SMILES string of the molecule is CC(C)C1C(C2=CCC(=O)CC2)=NOC1C(=O)O. The van der Waals surface area contributed by atoms with Crippen molar-refractivity contribution in [3.63, 3.8) is 0 Å². The minimum Gasteiger partial charge on any atom is -0.478 e. The number of rotatable bonds is 3. The van der Waals surface area contributed by atoms with Gasteiger partial charge in [0.15, 0.2) is 0 Å². The summed E-state index contributed by atoms with van der Waals surface area (Å²) >= 11 is 0. The summed E-state index contributed by atoms with van der Waals surface area (Å²) in [6.45, 7) is 3.92. The summed E-state index contributed by atoms with van der Waals surface area (Å²) in [4.78, 5) is 27.4. The topological polar surface area (TPSA) is 76.0 Å². The summed E-state index contributed by atoms with van der Waals surface area (Å²) in [6, 6.07) is 0. The molecule has 1 heterocycles. The molecule has 0 aromatic rings. The molecule has 18 heavy (non-hydrogen) atoms. The fourth-order valence-electron chi connectivity index (χ4n) is 2.47. The average molecular weight is 251 g/mol. The zero-order valence-corrected chi connectivity index (χ0v) is 10.5. The highest BCUT2D eigenvalue weighted by molar-refractivity contribution is 6.06. The molecular formula is C13H17NO4. The predicted molar refractivity (Wildman–Crippen MR) is 65.2 cm³/mol. The van der Waals surface area contributed by atoms with E-state index >= 15 is 0 Å². The highest BCUT2D eigenvalue weighted by Gasteiger charge is 2.42. The molecule has 1 aliphatic heterocycles. The van der Waals surface area contributed by atoms with Crippen molar-refractivity contribution in [2.45, 2.75) is 39.2 Å². The number of allylic oxidation sites excluding steroid dienone is 2. The molecule has 0 bridgehead atoms. The molecular weight excluding hydrogens is 234 g/mol. The number of ketones is 1. The molecule has 5 nitrogen and oxygen atoms in total. The summed E-state index contributed by atoms with van der Waals surface area (Å²) < 4.78 is 0. The molecule has 0 aromatic carbocycles. The summed E-state index contributed by atoms with van der Waals surface area (Å²) in [5, 5.41) is 13.1. The highest BCUT2D eigenvalue weighted by Crippen LogP contribution is 2.32. The van der Waals surface area contributed by atoms with E-state index in [0.717, 1.165) is 5.57 Å². The Kier molecular flexibility index (Phi) is 3.50. The van der Waals surface area contributed by atoms with Gasteiger partial charge < -0.3 is 9.94 Å². The lowest BCUT2D eigenvalue weighted by molar-refractivity contribution is -0.151. The van der Waals surface area contributed by atoms with Crippen molar-refractivity contribution in [3.8, 4) is 0 Å². The van der Waals surface area contributed by atoms with Gasteiger partial charge in [-0.3, -0.25) is 4.79 Å². The Labute approximate surface area is 105 Å². The van der Waals surface area contributed by atoms with Crippen molar-refractivity contribution < 1.29 is 19.5 Å². The number of carboxylic acids is 1. The molecule has 0 saturated heterocycles. The van der Waals surface area contributed by atoms with Crippen LogP contribution in [-0.2, 0) is 14.4 Å². The molecule has 2 rings (SSSR count). The molecule has 0 saturated carbocycles. The van der Waals surface area contributed by atoms with Gasteiger partial charge >= 0.3 is 5.97 Å². The van der Waals surface area contributed by atoms with E-state index in [9.17, 15) is 9.59 Å². The van der Waals surface area contributed by atoms with E-state index in [1.54, 1.807) is 0 Å². The van der Waals surface area contributed by atoms with Crippen LogP contribution in [0.5, 0.6) is 0 Å². The first-order valence-corrected chi connectivity index (χ1v) is 6.18. The van der Waals surface area contributed by atoms with Gasteiger partial charge in [-0.2, -0.15) is 0 Å². The molecule has 1 N–H and O–H groups in total. The predicted octanol–water partition coefficient (Wildman–Crippen LogP) is 1.78. The molecule has 0 radical (unpaired) electrons. The first-order valence-electron chi connectivity index (χ1n) is 6.18. The van der Waals surface area contributed by atoms with Crippen LogP contribution in [0.15, 0.2) is 16.8 Å². The van der Waals surface area contributed by atoms with Gasteiger partial charge in [-0.15, -0.1) is 0 Å². The molecule has 0 fully saturated rings. The van der Waals surface area contributed by atoms with E-state index in [1.807, 2.05) is 19.9 Å². The van der Waals surface area contributed by atoms with E-state index in [2.05, 4.69) is 5.16 Å². The van der Waals surface area contributed by atoms with Crippen LogP contribution in [0.4, 0.5) is 0 Å². The van der Waals surface area contributed by atoms with Crippen LogP contribution in [0.3, 0.4) is 0 Å². The third-order valence-electron chi connectivity index (χ3n) is 3.45. The number of nitrogens with zero attached hydrogens (tertiary/aromatic N) is 1. The van der Waals surface area contributed by atoms with Gasteiger partial charge in [-0.25, -0.2) is 4.79 Å². The summed E-state index contributed by atoms with van der Waals surface area (Å²) in [6.07, 6.45) is 2.51. The molecule has 0 spiro atoms. The average Bonchev–Trinajstić information content (AvgIpc) is 2.74. The van der Waals surface area contributed by atoms with E-state index in [0.29, 0.717) is 25.0 Å². The van der Waals surface area contributed by atoms with Gasteiger partial charge in [0.05, 0.1) is 11.6 Å². The van der Waals surface area contributed by atoms with E-state index in [-0.39, 0.29) is 17.6 Å². The Morgan fingerprint density at radius 2 is 2.22 bits per heavy atom. The zero-order chi connectivity index (χ0) is 13.3. The number of carbonyl (C=O) groups is 2. The van der Waals surface area contributed by atoms with Gasteiger partial charge in [-0.05, 0) is 17.9 Å². The lowest BCUT2D eigenvalue weighted by Crippen LogP contribution is -2.35. The minimum atomic E-state index is -0.986. The van der Waals surface area contributed by atoms with Gasteiger partial charge in [-0.1, -0.05) is 25.1 Å². The van der Waals surface area contributed by atoms with Gasteiger partial charge in [0, 0.05) is 12.8 Å². The maximum Gasteiger partial charge on any atom is 0.348 e. The van der Waals surface area contributed by atoms with Crippen LogP contribution < -0.4 is 0 Å². The minimum absolute atomic E-state index is 0.130. The van der Waals surface area contributed by atoms with Crippen molar-refractivity contribution in [1.29, 1.82) is 0 Å². The normalized spacial score (nSPS) is 27.8. The zero-order valence-electron chi connectivity index (χ0n) is 10.5. The summed E-state index contributed by atoms with van der Waals surface area (Å²) in [7, 11) is 0. The van der Waals surface area contributed by atoms with Gasteiger partial charge in [0.1, 0.15) is 5.78 Å². The Hall–Kier alpha value is -1.65. The number of oxime groups is 1. The van der Waals surface area contributed by atoms with Crippen LogP contribution >= 0.6 is 0 Å². The molecule has 0 aromatic heterocycles. The monoisotopic (exact) mass is 251 g/mol. The van der Waals surface area contributed by atoms with Crippen LogP contribution in [0.1, 0.15) is 33.1 Å². The van der Waals surface area contributed by atoms with Crippen molar-refractivity contribution in [3.05, 3.63) is 11.6 Å². The smallest absolute Gasteiger partial charge is 0.348 e. The number of hydrogen-bond acceptors (Lipinski definition) is 4. The summed E-state index contributed by atoms with van der Waals surface area (Å²) in [5.41, 5.74) is 1.68. The highest BCUT2D eigenvalue weighted by atomic mass is 16.7. The largest absolute Gasteiger partial charge is 0.478 e. The number of hydrogen-bond donors (Lipinski definition) is 1. The van der Waals surface area contributed by atoms with Crippen molar-refractivity contribution in [2.24, 2.45) is 17.0 Å².